The molecule has 2 nitrogen and oxygen atoms in total. The summed E-state index contributed by atoms with van der Waals surface area (Å²) in [7, 11) is -3.28. The molecule has 0 amide bonds. The molecule has 118 valence electrons. The highest BCUT2D eigenvalue weighted by atomic mass is 32.2. The van der Waals surface area contributed by atoms with Crippen molar-refractivity contribution < 1.29 is 8.42 Å². The number of thioether (sulfide) groups is 1. The van der Waals surface area contributed by atoms with Gasteiger partial charge in [0, 0.05) is 26.5 Å². The minimum Gasteiger partial charge on any atom is -0.215 e. The average molecular weight is 345 g/mol. The maximum atomic E-state index is 12.0. The molecule has 0 saturated carbocycles. The molecule has 0 aliphatic heterocycles. The Labute approximate surface area is 137 Å². The zero-order valence-electron chi connectivity index (χ0n) is 13.0. The van der Waals surface area contributed by atoms with Crippen LogP contribution in [0.2, 0.25) is 0 Å². The molecule has 1 heterocycles. The first-order valence-corrected chi connectivity index (χ1v) is 11.2. The highest BCUT2D eigenvalue weighted by Crippen LogP contribution is 2.23. The van der Waals surface area contributed by atoms with E-state index in [1.54, 1.807) is 23.1 Å². The topological polar surface area (TPSA) is 34.1 Å². The normalized spacial score (nSPS) is 12.7. The quantitative estimate of drug-likeness (QED) is 0.502. The molecule has 0 N–H and O–H groups in total. The van der Waals surface area contributed by atoms with E-state index in [0.717, 1.165) is 29.7 Å². The van der Waals surface area contributed by atoms with Gasteiger partial charge in [0.2, 0.25) is 9.84 Å². The van der Waals surface area contributed by atoms with Crippen LogP contribution in [-0.2, 0) is 9.84 Å². The van der Waals surface area contributed by atoms with E-state index in [1.165, 1.54) is 12.8 Å². The Balaban J connectivity index is 2.62. The summed E-state index contributed by atoms with van der Waals surface area (Å²) in [4.78, 5) is 1.05. The number of rotatable bonds is 8. The molecule has 1 unspecified atom stereocenters. The second kappa shape index (κ2) is 9.55. The number of hydrogen-bond acceptors (Lipinski definition) is 4. The van der Waals surface area contributed by atoms with E-state index < -0.39 is 9.84 Å². The van der Waals surface area contributed by atoms with Gasteiger partial charge in [-0.05, 0) is 24.5 Å². The van der Waals surface area contributed by atoms with Crippen LogP contribution < -0.4 is 0 Å². The molecule has 1 atom stereocenters. The Morgan fingerprint density at radius 1 is 1.29 bits per heavy atom. The molecule has 1 aromatic rings. The molecular weight excluding hydrogens is 320 g/mol. The van der Waals surface area contributed by atoms with Crippen molar-refractivity contribution in [1.29, 1.82) is 0 Å². The number of sulfone groups is 1. The van der Waals surface area contributed by atoms with Crippen molar-refractivity contribution in [2.75, 3.05) is 12.0 Å². The molecular formula is C16H24O2S3. The molecule has 5 heteroatoms. The predicted octanol–water partition coefficient (Wildman–Crippen LogP) is 4.80. The minimum absolute atomic E-state index is 0.182. The van der Waals surface area contributed by atoms with Crippen molar-refractivity contribution in [2.45, 2.75) is 50.8 Å². The molecule has 0 aliphatic carbocycles. The van der Waals surface area contributed by atoms with Gasteiger partial charge in [-0.2, -0.15) is 0 Å². The third kappa shape index (κ3) is 6.90. The summed E-state index contributed by atoms with van der Waals surface area (Å²) in [5, 5.41) is 6.39. The molecule has 0 spiro atoms. The maximum absolute atomic E-state index is 12.0. The molecule has 21 heavy (non-hydrogen) atoms. The van der Waals surface area contributed by atoms with E-state index in [2.05, 4.69) is 25.0 Å². The first-order valence-electron chi connectivity index (χ1n) is 7.38. The van der Waals surface area contributed by atoms with Crippen molar-refractivity contribution in [1.82, 2.24) is 0 Å². The van der Waals surface area contributed by atoms with Gasteiger partial charge in [-0.15, -0.1) is 23.1 Å². The SMILES string of the molecule is CCCCC(CC)CCS(=O)(=O)C#Cc1cscc1SC. The first-order chi connectivity index (χ1) is 10.0. The van der Waals surface area contributed by atoms with Gasteiger partial charge in [-0.25, -0.2) is 8.42 Å². The monoisotopic (exact) mass is 344 g/mol. The second-order valence-electron chi connectivity index (χ2n) is 5.10. The van der Waals surface area contributed by atoms with Gasteiger partial charge in [0.15, 0.2) is 0 Å². The number of hydrogen-bond donors (Lipinski definition) is 0. The van der Waals surface area contributed by atoms with Gasteiger partial charge in [0.1, 0.15) is 0 Å². The number of thiophene rings is 1. The fourth-order valence-corrected chi connectivity index (χ4v) is 4.69. The Bertz CT molecular complexity index is 576. The summed E-state index contributed by atoms with van der Waals surface area (Å²) < 4.78 is 24.1. The van der Waals surface area contributed by atoms with Crippen LogP contribution in [0, 0.1) is 17.1 Å². The molecule has 0 fully saturated rings. The summed E-state index contributed by atoms with van der Waals surface area (Å²) in [5.74, 6) is 3.51. The lowest BCUT2D eigenvalue weighted by molar-refractivity contribution is 0.438. The predicted molar refractivity (Wildman–Crippen MR) is 94.7 cm³/mol. The zero-order valence-corrected chi connectivity index (χ0v) is 15.5. The van der Waals surface area contributed by atoms with Gasteiger partial charge in [-0.3, -0.25) is 0 Å². The molecule has 1 rings (SSSR count). The fraction of sp³-hybridized carbons (Fsp3) is 0.625. The van der Waals surface area contributed by atoms with Crippen molar-refractivity contribution in [3.05, 3.63) is 16.3 Å². The van der Waals surface area contributed by atoms with Gasteiger partial charge in [0.05, 0.1) is 5.75 Å². The maximum Gasteiger partial charge on any atom is 0.217 e. The van der Waals surface area contributed by atoms with Gasteiger partial charge in [-0.1, -0.05) is 39.5 Å². The summed E-state index contributed by atoms with van der Waals surface area (Å²) in [5.41, 5.74) is 0.828. The van der Waals surface area contributed by atoms with Crippen LogP contribution in [0.1, 0.15) is 51.5 Å². The van der Waals surface area contributed by atoms with Gasteiger partial charge < -0.3 is 0 Å². The molecule has 0 aromatic carbocycles. The lowest BCUT2D eigenvalue weighted by Crippen LogP contribution is -2.09. The van der Waals surface area contributed by atoms with Crippen LogP contribution in [0.3, 0.4) is 0 Å². The second-order valence-corrected chi connectivity index (χ2v) is 8.54. The van der Waals surface area contributed by atoms with E-state index in [9.17, 15) is 8.42 Å². The molecule has 0 aliphatic rings. The Morgan fingerprint density at radius 2 is 2.05 bits per heavy atom. The van der Waals surface area contributed by atoms with Crippen molar-refractivity contribution in [3.8, 4) is 11.2 Å². The molecule has 1 aromatic heterocycles. The minimum atomic E-state index is -3.28. The van der Waals surface area contributed by atoms with E-state index in [0.29, 0.717) is 5.92 Å². The largest absolute Gasteiger partial charge is 0.217 e. The third-order valence-corrected chi connectivity index (χ3v) is 6.38. The molecule has 0 radical (unpaired) electrons. The Morgan fingerprint density at radius 3 is 2.67 bits per heavy atom. The number of unbranched alkanes of at least 4 members (excludes halogenated alkanes) is 1. The standard InChI is InChI=1S/C16H24O2S3/c1-4-6-7-14(5-2)8-10-21(17,18)11-9-15-12-20-13-16(15)19-3/h12-14H,4-8,10H2,1-3H3. The summed E-state index contributed by atoms with van der Waals surface area (Å²) >= 11 is 3.15. The van der Waals surface area contributed by atoms with E-state index in [1.807, 2.05) is 17.0 Å². The summed E-state index contributed by atoms with van der Waals surface area (Å²) in [6.07, 6.45) is 7.21. The summed E-state index contributed by atoms with van der Waals surface area (Å²) in [6.45, 7) is 4.30. The van der Waals surface area contributed by atoms with E-state index in [4.69, 9.17) is 0 Å². The Hall–Kier alpha value is -0.440. The lowest BCUT2D eigenvalue weighted by Gasteiger charge is -2.12. The smallest absolute Gasteiger partial charge is 0.215 e. The highest BCUT2D eigenvalue weighted by Gasteiger charge is 2.12. The van der Waals surface area contributed by atoms with E-state index in [-0.39, 0.29) is 5.75 Å². The Kier molecular flexibility index (Phi) is 8.46. The third-order valence-electron chi connectivity index (χ3n) is 3.53. The van der Waals surface area contributed by atoms with Gasteiger partial charge in [0.25, 0.3) is 0 Å². The van der Waals surface area contributed by atoms with Crippen molar-refractivity contribution >= 4 is 32.9 Å². The van der Waals surface area contributed by atoms with Crippen LogP contribution in [0.25, 0.3) is 0 Å². The van der Waals surface area contributed by atoms with Crippen LogP contribution >= 0.6 is 23.1 Å². The van der Waals surface area contributed by atoms with Crippen molar-refractivity contribution in [2.24, 2.45) is 5.92 Å². The van der Waals surface area contributed by atoms with Crippen LogP contribution in [0.4, 0.5) is 0 Å². The fourth-order valence-electron chi connectivity index (χ4n) is 2.09. The van der Waals surface area contributed by atoms with Gasteiger partial charge >= 0.3 is 0 Å². The molecule has 0 bridgehead atoms. The zero-order chi connectivity index (χ0) is 15.7. The van der Waals surface area contributed by atoms with E-state index >= 15 is 0 Å². The first kappa shape index (κ1) is 18.6. The van der Waals surface area contributed by atoms with Crippen molar-refractivity contribution in [3.63, 3.8) is 0 Å². The molecule has 0 saturated heterocycles. The lowest BCUT2D eigenvalue weighted by atomic mass is 9.97. The van der Waals surface area contributed by atoms with Crippen LogP contribution in [0.5, 0.6) is 0 Å². The average Bonchev–Trinajstić information content (AvgIpc) is 2.93. The van der Waals surface area contributed by atoms with Crippen LogP contribution in [-0.4, -0.2) is 20.4 Å². The summed E-state index contributed by atoms with van der Waals surface area (Å²) in [6, 6.07) is 0. The van der Waals surface area contributed by atoms with Crippen LogP contribution in [0.15, 0.2) is 15.7 Å². The highest BCUT2D eigenvalue weighted by molar-refractivity contribution is 7.98.